The highest BCUT2D eigenvalue weighted by Crippen LogP contribution is 2.46. The van der Waals surface area contributed by atoms with Crippen LogP contribution in [-0.4, -0.2) is 94.7 Å². The van der Waals surface area contributed by atoms with Crippen LogP contribution in [0.4, 0.5) is 11.5 Å². The van der Waals surface area contributed by atoms with Gasteiger partial charge >= 0.3 is 6.01 Å². The standard InChI is InChI=1S/C31H37N7O4/c1-3-25(39)38-16-15-37(18-21(38)11-13-32)28-23-10-12-31(17-20-7-4-5-9-24(20)33-29(31)41)27(40)26(23)34-30(35-28)42-19-22-8-6-14-36(22)2/h3-5,7,9,21-22,29,33,41H,1,6,8,10-12,14-19H2,2H3/t21-,22-,29?,31?/m0/s1. The number of ketones is 1. The van der Waals surface area contributed by atoms with E-state index in [1.54, 1.807) is 4.90 Å². The summed E-state index contributed by atoms with van der Waals surface area (Å²) in [5.74, 6) is 0.171. The fourth-order valence-electron chi connectivity index (χ4n) is 6.96. The van der Waals surface area contributed by atoms with Crippen LogP contribution in [0.3, 0.4) is 0 Å². The summed E-state index contributed by atoms with van der Waals surface area (Å²) in [5, 5.41) is 23.9. The van der Waals surface area contributed by atoms with E-state index in [1.165, 1.54) is 6.08 Å². The number of carbonyl (C=O) groups excluding carboxylic acids is 2. The van der Waals surface area contributed by atoms with Crippen LogP contribution >= 0.6 is 0 Å². The van der Waals surface area contributed by atoms with Gasteiger partial charge in [0.25, 0.3) is 0 Å². The molecule has 1 aromatic heterocycles. The lowest BCUT2D eigenvalue weighted by Crippen LogP contribution is -2.56. The predicted octanol–water partition coefficient (Wildman–Crippen LogP) is 2.17. The smallest absolute Gasteiger partial charge is 0.319 e. The van der Waals surface area contributed by atoms with Crippen molar-refractivity contribution in [2.45, 2.75) is 56.8 Å². The summed E-state index contributed by atoms with van der Waals surface area (Å²) in [6.45, 7) is 6.29. The van der Waals surface area contributed by atoms with Crippen molar-refractivity contribution in [1.29, 1.82) is 5.26 Å². The van der Waals surface area contributed by atoms with E-state index < -0.39 is 11.6 Å². The Morgan fingerprint density at radius 1 is 1.29 bits per heavy atom. The first-order chi connectivity index (χ1) is 20.3. The number of nitriles is 1. The van der Waals surface area contributed by atoms with Crippen molar-refractivity contribution >= 4 is 23.2 Å². The molecule has 2 unspecified atom stereocenters. The van der Waals surface area contributed by atoms with Crippen LogP contribution in [0.5, 0.6) is 6.01 Å². The van der Waals surface area contributed by atoms with Crippen LogP contribution in [0.25, 0.3) is 0 Å². The number of benzene rings is 1. The SMILES string of the molecule is C=CC(=O)N1CCN(c2nc(OC[C@@H]3CCCN3C)nc3c2CCC2(Cc4ccccc4NC2O)C3=O)C[C@@H]1CC#N. The number of hydrogen-bond donors (Lipinski definition) is 2. The zero-order valence-corrected chi connectivity index (χ0v) is 24.0. The number of carbonyl (C=O) groups is 2. The van der Waals surface area contributed by atoms with Gasteiger partial charge in [0.05, 0.1) is 23.9 Å². The van der Waals surface area contributed by atoms with Gasteiger partial charge in [-0.15, -0.1) is 0 Å². The largest absolute Gasteiger partial charge is 0.462 e. The van der Waals surface area contributed by atoms with Gasteiger partial charge in [0.15, 0.2) is 5.78 Å². The van der Waals surface area contributed by atoms with Gasteiger partial charge in [0.2, 0.25) is 5.91 Å². The topological polar surface area (TPSA) is 135 Å². The molecule has 0 saturated carbocycles. The van der Waals surface area contributed by atoms with Gasteiger partial charge in [-0.2, -0.15) is 15.2 Å². The van der Waals surface area contributed by atoms with Crippen LogP contribution in [0.2, 0.25) is 0 Å². The maximum absolute atomic E-state index is 14.4. The molecule has 0 bridgehead atoms. The number of aromatic nitrogens is 2. The van der Waals surface area contributed by atoms with E-state index in [1.807, 2.05) is 29.2 Å². The summed E-state index contributed by atoms with van der Waals surface area (Å²) >= 11 is 0. The van der Waals surface area contributed by atoms with E-state index in [4.69, 9.17) is 14.7 Å². The van der Waals surface area contributed by atoms with Crippen molar-refractivity contribution in [3.05, 3.63) is 53.7 Å². The first-order valence-corrected chi connectivity index (χ1v) is 14.7. The zero-order chi connectivity index (χ0) is 29.4. The maximum Gasteiger partial charge on any atom is 0.319 e. The molecule has 220 valence electrons. The highest BCUT2D eigenvalue weighted by molar-refractivity contribution is 6.03. The molecule has 1 amide bonds. The lowest BCUT2D eigenvalue weighted by atomic mass is 9.65. The number of aliphatic hydroxyl groups excluding tert-OH is 1. The minimum absolute atomic E-state index is 0.134. The third-order valence-electron chi connectivity index (χ3n) is 9.44. The van der Waals surface area contributed by atoms with E-state index in [0.717, 1.165) is 36.2 Å². The molecule has 1 aromatic carbocycles. The van der Waals surface area contributed by atoms with Crippen LogP contribution in [0.1, 0.15) is 47.3 Å². The number of anilines is 2. The second-order valence-electron chi connectivity index (χ2n) is 11.8. The van der Waals surface area contributed by atoms with Gasteiger partial charge in [0.1, 0.15) is 24.3 Å². The summed E-state index contributed by atoms with van der Waals surface area (Å²) in [6.07, 6.45) is 3.84. The van der Waals surface area contributed by atoms with E-state index in [9.17, 15) is 20.0 Å². The number of hydrogen-bond acceptors (Lipinski definition) is 10. The van der Waals surface area contributed by atoms with Gasteiger partial charge < -0.3 is 29.9 Å². The quantitative estimate of drug-likeness (QED) is 0.497. The number of nitrogens with one attached hydrogen (secondary N) is 1. The van der Waals surface area contributed by atoms with Crippen LogP contribution in [0.15, 0.2) is 36.9 Å². The average Bonchev–Trinajstić information content (AvgIpc) is 3.42. The minimum atomic E-state index is -1.06. The molecule has 2 N–H and O–H groups in total. The Morgan fingerprint density at radius 2 is 2.12 bits per heavy atom. The molecular weight excluding hydrogens is 534 g/mol. The van der Waals surface area contributed by atoms with Gasteiger partial charge in [-0.05, 0) is 63.4 Å². The third kappa shape index (κ3) is 4.88. The fraction of sp³-hybridized carbons (Fsp3) is 0.516. The number of likely N-dealkylation sites (tertiary alicyclic amines) is 1. The molecule has 11 nitrogen and oxygen atoms in total. The highest BCUT2D eigenvalue weighted by Gasteiger charge is 2.52. The number of piperazine rings is 1. The number of amides is 1. The molecule has 2 aromatic rings. The third-order valence-corrected chi connectivity index (χ3v) is 9.44. The molecule has 4 aliphatic rings. The first kappa shape index (κ1) is 28.1. The van der Waals surface area contributed by atoms with E-state index in [2.05, 4.69) is 29.9 Å². The van der Waals surface area contributed by atoms with Crippen molar-refractivity contribution in [2.75, 3.05) is 50.1 Å². The lowest BCUT2D eigenvalue weighted by molar-refractivity contribution is -0.128. The number of fused-ring (bicyclic) bond motifs is 2. The maximum atomic E-state index is 14.4. The Kier molecular flexibility index (Phi) is 7.60. The Labute approximate surface area is 245 Å². The summed E-state index contributed by atoms with van der Waals surface area (Å²) < 4.78 is 6.17. The molecule has 1 spiro atoms. The van der Waals surface area contributed by atoms with E-state index in [0.29, 0.717) is 51.3 Å². The van der Waals surface area contributed by atoms with Crippen molar-refractivity contribution < 1.29 is 19.4 Å². The number of rotatable bonds is 6. The zero-order valence-electron chi connectivity index (χ0n) is 24.0. The van der Waals surface area contributed by atoms with Gasteiger partial charge in [-0.3, -0.25) is 9.59 Å². The Hall–Kier alpha value is -4.01. The normalized spacial score (nSPS) is 27.2. The highest BCUT2D eigenvalue weighted by atomic mass is 16.5. The monoisotopic (exact) mass is 571 g/mol. The van der Waals surface area contributed by atoms with Crippen molar-refractivity contribution in [3.8, 4) is 12.1 Å². The number of Topliss-reactive ketones (excluding diaryl/α,β-unsaturated/α-hetero) is 1. The number of para-hydroxylation sites is 1. The molecule has 3 aliphatic heterocycles. The number of nitrogens with zero attached hydrogens (tertiary/aromatic N) is 6. The summed E-state index contributed by atoms with van der Waals surface area (Å²) in [6, 6.07) is 9.97. The number of ether oxygens (including phenoxy) is 1. The number of aliphatic hydroxyl groups is 1. The predicted molar refractivity (Wildman–Crippen MR) is 156 cm³/mol. The van der Waals surface area contributed by atoms with Gasteiger partial charge in [-0.1, -0.05) is 24.8 Å². The molecular formula is C31H37N7O4. The molecule has 42 heavy (non-hydrogen) atoms. The Balaban J connectivity index is 1.36. The fourth-order valence-corrected chi connectivity index (χ4v) is 6.96. The molecule has 0 radical (unpaired) electrons. The lowest BCUT2D eigenvalue weighted by Gasteiger charge is -2.45. The van der Waals surface area contributed by atoms with Gasteiger partial charge in [-0.25, -0.2) is 0 Å². The Morgan fingerprint density at radius 3 is 2.88 bits per heavy atom. The Bertz CT molecular complexity index is 1440. The molecule has 1 aliphatic carbocycles. The van der Waals surface area contributed by atoms with E-state index >= 15 is 0 Å². The second kappa shape index (κ2) is 11.3. The van der Waals surface area contributed by atoms with Crippen LogP contribution < -0.4 is 15.0 Å². The minimum Gasteiger partial charge on any atom is -0.462 e. The molecule has 4 atom stereocenters. The first-order valence-electron chi connectivity index (χ1n) is 14.7. The van der Waals surface area contributed by atoms with Crippen molar-refractivity contribution in [2.24, 2.45) is 5.41 Å². The van der Waals surface area contributed by atoms with E-state index in [-0.39, 0.29) is 41.9 Å². The summed E-state index contributed by atoms with van der Waals surface area (Å²) in [7, 11) is 2.07. The molecule has 2 saturated heterocycles. The second-order valence-corrected chi connectivity index (χ2v) is 11.8. The van der Waals surface area contributed by atoms with Gasteiger partial charge in [0, 0.05) is 36.9 Å². The number of likely N-dealkylation sites (N-methyl/N-ethyl adjacent to an activating group) is 1. The average molecular weight is 572 g/mol. The molecule has 2 fully saturated rings. The van der Waals surface area contributed by atoms with Crippen LogP contribution in [-0.2, 0) is 17.6 Å². The van der Waals surface area contributed by atoms with Crippen molar-refractivity contribution in [1.82, 2.24) is 19.8 Å². The summed E-state index contributed by atoms with van der Waals surface area (Å²) in [5.41, 5.74) is 1.76. The molecule has 4 heterocycles. The van der Waals surface area contributed by atoms with Crippen molar-refractivity contribution in [3.63, 3.8) is 0 Å². The van der Waals surface area contributed by atoms with Crippen LogP contribution in [0, 0.1) is 16.7 Å². The molecule has 11 heteroatoms. The summed E-state index contributed by atoms with van der Waals surface area (Å²) in [4.78, 5) is 42.4. The molecule has 6 rings (SSSR count).